The van der Waals surface area contributed by atoms with Gasteiger partial charge < -0.3 is 28.1 Å². The average Bonchev–Trinajstić information content (AvgIpc) is 2.22. The molecule has 0 rings (SSSR count). The first-order chi connectivity index (χ1) is 8.62. The van der Waals surface area contributed by atoms with E-state index in [-0.39, 0.29) is 0 Å². The summed E-state index contributed by atoms with van der Waals surface area (Å²) in [4.78, 5) is 40.2. The van der Waals surface area contributed by atoms with E-state index in [0.29, 0.717) is 0 Å². The SMILES string of the molecule is COC(OC)(OP(O)O)[Si](C)(OC(C)=O)OC(C)=O. The van der Waals surface area contributed by atoms with E-state index in [4.69, 9.17) is 32.6 Å². The summed E-state index contributed by atoms with van der Waals surface area (Å²) >= 11 is 0. The van der Waals surface area contributed by atoms with E-state index in [1.165, 1.54) is 6.55 Å². The maximum Gasteiger partial charge on any atom is 0.557 e. The van der Waals surface area contributed by atoms with Crippen LogP contribution >= 0.6 is 8.60 Å². The fourth-order valence-corrected chi connectivity index (χ4v) is 4.82. The average molecular weight is 316 g/mol. The van der Waals surface area contributed by atoms with E-state index in [0.717, 1.165) is 28.1 Å². The topological polar surface area (TPSA) is 121 Å². The molecule has 0 atom stereocenters. The predicted octanol–water partition coefficient (Wildman–Crippen LogP) is -0.102. The molecule has 0 aliphatic heterocycles. The zero-order chi connectivity index (χ0) is 15.3. The van der Waals surface area contributed by atoms with Gasteiger partial charge in [-0.25, -0.2) is 0 Å². The van der Waals surface area contributed by atoms with Gasteiger partial charge in [0, 0.05) is 34.6 Å². The molecule has 0 bridgehead atoms. The minimum absolute atomic E-state index is 0.766. The summed E-state index contributed by atoms with van der Waals surface area (Å²) in [5.74, 6) is -1.53. The van der Waals surface area contributed by atoms with Gasteiger partial charge in [-0.3, -0.25) is 14.1 Å². The number of methoxy groups -OCH3 is 2. The van der Waals surface area contributed by atoms with Gasteiger partial charge in [0.25, 0.3) is 11.9 Å². The van der Waals surface area contributed by atoms with Gasteiger partial charge in [-0.15, -0.1) is 0 Å². The van der Waals surface area contributed by atoms with Gasteiger partial charge in [0.15, 0.2) is 0 Å². The zero-order valence-electron chi connectivity index (χ0n) is 11.2. The van der Waals surface area contributed by atoms with Crippen molar-refractivity contribution in [3.63, 3.8) is 0 Å². The Morgan fingerprint density at radius 2 is 1.42 bits per heavy atom. The van der Waals surface area contributed by atoms with Crippen molar-refractivity contribution in [2.75, 3.05) is 14.2 Å². The molecule has 0 spiro atoms. The normalized spacial score (nSPS) is 12.4. The van der Waals surface area contributed by atoms with Crippen LogP contribution in [0.4, 0.5) is 0 Å². The van der Waals surface area contributed by atoms with Crippen LogP contribution in [-0.2, 0) is 32.4 Å². The van der Waals surface area contributed by atoms with Crippen LogP contribution in [0.1, 0.15) is 13.8 Å². The highest BCUT2D eigenvalue weighted by atomic mass is 31.2. The van der Waals surface area contributed by atoms with Gasteiger partial charge in [-0.05, 0) is 0 Å². The quantitative estimate of drug-likeness (QED) is 0.376. The Hall–Kier alpha value is -0.613. The summed E-state index contributed by atoms with van der Waals surface area (Å²) in [6.45, 7) is 3.43. The molecular formula is C8H17O9PSi. The molecule has 0 unspecified atom stereocenters. The van der Waals surface area contributed by atoms with Gasteiger partial charge in [0.2, 0.25) is 0 Å². The Morgan fingerprint density at radius 3 is 1.63 bits per heavy atom. The minimum atomic E-state index is -3.89. The maximum atomic E-state index is 11.1. The van der Waals surface area contributed by atoms with Gasteiger partial charge >= 0.3 is 22.8 Å². The van der Waals surface area contributed by atoms with Gasteiger partial charge in [0.1, 0.15) is 0 Å². The van der Waals surface area contributed by atoms with Crippen molar-refractivity contribution in [1.82, 2.24) is 0 Å². The number of hydrogen-bond acceptors (Lipinski definition) is 9. The van der Waals surface area contributed by atoms with Crippen molar-refractivity contribution in [1.29, 1.82) is 0 Å². The molecule has 0 aromatic rings. The van der Waals surface area contributed by atoms with E-state index in [1.807, 2.05) is 0 Å². The molecule has 0 radical (unpaired) electrons. The number of carbonyl (C=O) groups is 2. The number of carbonyl (C=O) groups excluding carboxylic acids is 2. The summed E-state index contributed by atoms with van der Waals surface area (Å²) in [6.07, 6.45) is 0. The molecular weight excluding hydrogens is 299 g/mol. The monoisotopic (exact) mass is 316 g/mol. The fraction of sp³-hybridized carbons (Fsp3) is 0.750. The van der Waals surface area contributed by atoms with Crippen molar-refractivity contribution in [3.05, 3.63) is 0 Å². The second-order valence-corrected chi connectivity index (χ2v) is 7.04. The molecule has 0 aromatic heterocycles. The van der Waals surface area contributed by atoms with Gasteiger partial charge in [-0.1, -0.05) is 0 Å². The van der Waals surface area contributed by atoms with E-state index in [1.54, 1.807) is 0 Å². The van der Waals surface area contributed by atoms with Crippen molar-refractivity contribution in [2.45, 2.75) is 26.0 Å². The first-order valence-corrected chi connectivity index (χ1v) is 8.47. The smallest absolute Gasteiger partial charge is 0.481 e. The molecule has 0 aromatic carbocycles. The Balaban J connectivity index is 5.58. The Bertz CT molecular complexity index is 314. The van der Waals surface area contributed by atoms with E-state index >= 15 is 0 Å². The van der Waals surface area contributed by atoms with Gasteiger partial charge in [-0.2, -0.15) is 0 Å². The lowest BCUT2D eigenvalue weighted by Gasteiger charge is -2.39. The summed E-state index contributed by atoms with van der Waals surface area (Å²) in [6, 6.07) is 0. The molecule has 0 amide bonds. The summed E-state index contributed by atoms with van der Waals surface area (Å²) < 4.78 is 24.5. The molecule has 112 valence electrons. The standard InChI is InChI=1S/C8H17O9PSi/c1-6(9)15-19(5,16-7(2)10)8(13-3,14-4)17-18(11)12/h11-12H,1-5H3. The van der Waals surface area contributed by atoms with Crippen LogP contribution in [0.3, 0.4) is 0 Å². The lowest BCUT2D eigenvalue weighted by molar-refractivity contribution is -0.287. The van der Waals surface area contributed by atoms with Crippen LogP contribution in [0.25, 0.3) is 0 Å². The van der Waals surface area contributed by atoms with Crippen LogP contribution in [0.2, 0.25) is 6.55 Å². The molecule has 0 saturated heterocycles. The van der Waals surface area contributed by atoms with Crippen molar-refractivity contribution in [3.8, 4) is 0 Å². The maximum absolute atomic E-state index is 11.1. The van der Waals surface area contributed by atoms with Gasteiger partial charge in [0.05, 0.1) is 0 Å². The molecule has 0 aliphatic rings. The highest BCUT2D eigenvalue weighted by Gasteiger charge is 2.65. The molecule has 0 fully saturated rings. The highest BCUT2D eigenvalue weighted by molar-refractivity contribution is 7.39. The molecule has 0 saturated carbocycles. The van der Waals surface area contributed by atoms with Crippen LogP contribution in [0, 0.1) is 0 Å². The zero-order valence-corrected chi connectivity index (χ0v) is 13.1. The molecule has 0 heterocycles. The van der Waals surface area contributed by atoms with E-state index < -0.39 is 34.7 Å². The second-order valence-electron chi connectivity index (χ2n) is 3.44. The van der Waals surface area contributed by atoms with Crippen molar-refractivity contribution in [2.24, 2.45) is 0 Å². The first-order valence-electron chi connectivity index (χ1n) is 4.99. The van der Waals surface area contributed by atoms with E-state index in [9.17, 15) is 9.59 Å². The van der Waals surface area contributed by atoms with Crippen LogP contribution in [-0.4, -0.2) is 50.1 Å². The third kappa shape index (κ3) is 4.77. The number of ether oxygens (including phenoxy) is 2. The third-order valence-electron chi connectivity index (χ3n) is 1.97. The van der Waals surface area contributed by atoms with E-state index in [2.05, 4.69) is 0 Å². The number of rotatable bonds is 7. The summed E-state index contributed by atoms with van der Waals surface area (Å²) in [7, 11) is -4.58. The van der Waals surface area contributed by atoms with Crippen molar-refractivity contribution >= 4 is 29.1 Å². The van der Waals surface area contributed by atoms with Crippen LogP contribution in [0.5, 0.6) is 0 Å². The summed E-state index contributed by atoms with van der Waals surface area (Å²) in [5, 5.41) is 0. The molecule has 2 N–H and O–H groups in total. The predicted molar refractivity (Wildman–Crippen MR) is 64.3 cm³/mol. The summed E-state index contributed by atoms with van der Waals surface area (Å²) in [5.41, 5.74) is -2.19. The highest BCUT2D eigenvalue weighted by Crippen LogP contribution is 2.40. The lowest BCUT2D eigenvalue weighted by Crippen LogP contribution is -2.65. The minimum Gasteiger partial charge on any atom is -0.481 e. The molecule has 11 heteroatoms. The Labute approximate surface area is 112 Å². The molecule has 9 nitrogen and oxygen atoms in total. The first kappa shape index (κ1) is 18.4. The molecule has 19 heavy (non-hydrogen) atoms. The van der Waals surface area contributed by atoms with Crippen molar-refractivity contribution < 1.29 is 42.2 Å². The number of hydrogen-bond donors (Lipinski definition) is 2. The van der Waals surface area contributed by atoms with Crippen LogP contribution < -0.4 is 0 Å². The lowest BCUT2D eigenvalue weighted by atomic mass is 10.9. The van der Waals surface area contributed by atoms with Crippen LogP contribution in [0.15, 0.2) is 0 Å². The Kier molecular flexibility index (Phi) is 7.01. The fourth-order valence-electron chi connectivity index (χ4n) is 1.41. The third-order valence-corrected chi connectivity index (χ3v) is 5.52. The largest absolute Gasteiger partial charge is 0.557 e. The Morgan fingerprint density at radius 1 is 1.05 bits per heavy atom. The molecule has 0 aliphatic carbocycles. The second kappa shape index (κ2) is 7.24.